The lowest BCUT2D eigenvalue weighted by Gasteiger charge is -2.07. The number of rotatable bonds is 2. The average molecular weight is 279 g/mol. The van der Waals surface area contributed by atoms with Crippen LogP contribution >= 0.6 is 11.6 Å². The van der Waals surface area contributed by atoms with Gasteiger partial charge in [0, 0.05) is 22.5 Å². The van der Waals surface area contributed by atoms with Crippen LogP contribution in [-0.4, -0.2) is 5.78 Å². The van der Waals surface area contributed by atoms with Gasteiger partial charge in [-0.15, -0.1) is 0 Å². The predicted molar refractivity (Wildman–Crippen MR) is 74.8 cm³/mol. The number of nitrogen functional groups attached to an aromatic ring is 2. The summed E-state index contributed by atoms with van der Waals surface area (Å²) >= 11 is 5.90. The second-order valence-corrected chi connectivity index (χ2v) is 4.71. The van der Waals surface area contributed by atoms with Gasteiger partial charge in [-0.25, -0.2) is 4.39 Å². The number of anilines is 2. The Labute approximate surface area is 115 Å². The number of hydrogen-bond acceptors (Lipinski definition) is 3. The third-order valence-corrected chi connectivity index (χ3v) is 3.05. The second kappa shape index (κ2) is 4.90. The molecule has 98 valence electrons. The van der Waals surface area contributed by atoms with Crippen molar-refractivity contribution < 1.29 is 9.18 Å². The summed E-state index contributed by atoms with van der Waals surface area (Å²) in [5.74, 6) is -0.791. The molecule has 3 nitrogen and oxygen atoms in total. The lowest BCUT2D eigenvalue weighted by Crippen LogP contribution is -2.05. The summed E-state index contributed by atoms with van der Waals surface area (Å²) in [6, 6.07) is 7.11. The monoisotopic (exact) mass is 278 g/mol. The Balaban J connectivity index is 2.53. The molecule has 5 heteroatoms. The van der Waals surface area contributed by atoms with Gasteiger partial charge in [0.05, 0.1) is 5.02 Å². The van der Waals surface area contributed by atoms with E-state index < -0.39 is 5.82 Å². The molecule has 2 aromatic rings. The third-order valence-electron chi connectivity index (χ3n) is 2.73. The predicted octanol–water partition coefficient (Wildman–Crippen LogP) is 3.18. The number of nitrogens with two attached hydrogens (primary N) is 2. The molecule has 0 aliphatic heterocycles. The first-order valence-corrected chi connectivity index (χ1v) is 5.92. The number of hydrogen-bond donors (Lipinski definition) is 2. The third kappa shape index (κ3) is 2.69. The van der Waals surface area contributed by atoms with E-state index >= 15 is 0 Å². The van der Waals surface area contributed by atoms with E-state index in [1.54, 1.807) is 13.0 Å². The topological polar surface area (TPSA) is 69.1 Å². The minimum absolute atomic E-state index is 0.0640. The van der Waals surface area contributed by atoms with Crippen LogP contribution in [0.2, 0.25) is 5.02 Å². The highest BCUT2D eigenvalue weighted by atomic mass is 35.5. The van der Waals surface area contributed by atoms with E-state index in [9.17, 15) is 9.18 Å². The molecule has 0 unspecified atom stereocenters. The summed E-state index contributed by atoms with van der Waals surface area (Å²) in [5.41, 5.74) is 13.0. The molecule has 4 N–H and O–H groups in total. The molecule has 0 saturated heterocycles. The Morgan fingerprint density at radius 2 is 1.68 bits per heavy atom. The molecular formula is C14H12ClFN2O. The molecule has 0 radical (unpaired) electrons. The van der Waals surface area contributed by atoms with Gasteiger partial charge in [-0.05, 0) is 42.8 Å². The maximum Gasteiger partial charge on any atom is 0.194 e. The summed E-state index contributed by atoms with van der Waals surface area (Å²) in [7, 11) is 0. The van der Waals surface area contributed by atoms with E-state index in [-0.39, 0.29) is 16.4 Å². The Morgan fingerprint density at radius 3 is 2.26 bits per heavy atom. The number of carbonyl (C=O) groups is 1. The molecule has 0 amide bonds. The lowest BCUT2D eigenvalue weighted by atomic mass is 10.0. The molecule has 0 saturated carbocycles. The molecule has 0 atom stereocenters. The van der Waals surface area contributed by atoms with Crippen molar-refractivity contribution in [1.29, 1.82) is 0 Å². The molecule has 0 spiro atoms. The van der Waals surface area contributed by atoms with Crippen molar-refractivity contribution in [2.24, 2.45) is 0 Å². The van der Waals surface area contributed by atoms with Crippen LogP contribution < -0.4 is 11.5 Å². The summed E-state index contributed by atoms with van der Waals surface area (Å²) < 4.78 is 13.3. The molecular weight excluding hydrogens is 267 g/mol. The average Bonchev–Trinajstić information content (AvgIpc) is 2.31. The first-order chi connectivity index (χ1) is 8.88. The largest absolute Gasteiger partial charge is 0.399 e. The maximum atomic E-state index is 13.3. The highest BCUT2D eigenvalue weighted by Gasteiger charge is 2.16. The number of benzene rings is 2. The SMILES string of the molecule is Cc1cc(C(=O)c2cc(N)cc(N)c2)c(Cl)cc1F. The van der Waals surface area contributed by atoms with Gasteiger partial charge in [0.15, 0.2) is 5.78 Å². The van der Waals surface area contributed by atoms with Crippen molar-refractivity contribution >= 4 is 28.8 Å². The lowest BCUT2D eigenvalue weighted by molar-refractivity contribution is 0.103. The molecule has 0 aliphatic carbocycles. The normalized spacial score (nSPS) is 10.5. The van der Waals surface area contributed by atoms with Crippen molar-refractivity contribution in [2.75, 3.05) is 11.5 Å². The first-order valence-electron chi connectivity index (χ1n) is 5.55. The number of aryl methyl sites for hydroxylation is 1. The van der Waals surface area contributed by atoms with Crippen LogP contribution in [0.5, 0.6) is 0 Å². The summed E-state index contributed by atoms with van der Waals surface area (Å²) in [6.07, 6.45) is 0. The van der Waals surface area contributed by atoms with Gasteiger partial charge < -0.3 is 11.5 Å². The smallest absolute Gasteiger partial charge is 0.194 e. The zero-order valence-electron chi connectivity index (χ0n) is 10.2. The standard InChI is InChI=1S/C14H12ClFN2O/c1-7-2-11(12(15)6-13(7)16)14(19)8-3-9(17)5-10(18)4-8/h2-6H,17-18H2,1H3. The van der Waals surface area contributed by atoms with E-state index in [1.807, 2.05) is 0 Å². The quantitative estimate of drug-likeness (QED) is 0.655. The fourth-order valence-electron chi connectivity index (χ4n) is 1.79. The Bertz CT molecular complexity index is 650. The first kappa shape index (κ1) is 13.4. The minimum atomic E-state index is -0.450. The van der Waals surface area contributed by atoms with Crippen molar-refractivity contribution in [2.45, 2.75) is 6.92 Å². The minimum Gasteiger partial charge on any atom is -0.399 e. The van der Waals surface area contributed by atoms with E-state index in [1.165, 1.54) is 18.2 Å². The fourth-order valence-corrected chi connectivity index (χ4v) is 2.03. The zero-order valence-corrected chi connectivity index (χ0v) is 11.0. The van der Waals surface area contributed by atoms with E-state index in [0.717, 1.165) is 6.07 Å². The van der Waals surface area contributed by atoms with Gasteiger partial charge in [-0.1, -0.05) is 11.6 Å². The van der Waals surface area contributed by atoms with Crippen LogP contribution in [0, 0.1) is 12.7 Å². The van der Waals surface area contributed by atoms with Crippen molar-refractivity contribution in [3.8, 4) is 0 Å². The Kier molecular flexibility index (Phi) is 3.44. The molecule has 19 heavy (non-hydrogen) atoms. The van der Waals surface area contributed by atoms with E-state index in [0.29, 0.717) is 22.5 Å². The van der Waals surface area contributed by atoms with Gasteiger partial charge in [-0.3, -0.25) is 4.79 Å². The maximum absolute atomic E-state index is 13.3. The van der Waals surface area contributed by atoms with Crippen LogP contribution in [0.3, 0.4) is 0 Å². The number of halogens is 2. The molecule has 0 aliphatic rings. The highest BCUT2D eigenvalue weighted by molar-refractivity contribution is 6.35. The Hall–Kier alpha value is -2.07. The van der Waals surface area contributed by atoms with Crippen LogP contribution in [-0.2, 0) is 0 Å². The van der Waals surface area contributed by atoms with Crippen LogP contribution in [0.4, 0.5) is 15.8 Å². The van der Waals surface area contributed by atoms with Crippen molar-refractivity contribution in [3.05, 3.63) is 57.9 Å². The Morgan fingerprint density at radius 1 is 1.11 bits per heavy atom. The second-order valence-electron chi connectivity index (χ2n) is 4.30. The highest BCUT2D eigenvalue weighted by Crippen LogP contribution is 2.25. The van der Waals surface area contributed by atoms with Crippen LogP contribution in [0.25, 0.3) is 0 Å². The molecule has 0 bridgehead atoms. The summed E-state index contributed by atoms with van der Waals surface area (Å²) in [6.45, 7) is 1.57. The molecule has 0 fully saturated rings. The van der Waals surface area contributed by atoms with Gasteiger partial charge in [0.2, 0.25) is 0 Å². The van der Waals surface area contributed by atoms with Crippen LogP contribution in [0.1, 0.15) is 21.5 Å². The van der Waals surface area contributed by atoms with Gasteiger partial charge in [-0.2, -0.15) is 0 Å². The van der Waals surface area contributed by atoms with Gasteiger partial charge >= 0.3 is 0 Å². The molecule has 0 heterocycles. The van der Waals surface area contributed by atoms with Crippen LogP contribution in [0.15, 0.2) is 30.3 Å². The molecule has 2 rings (SSSR count). The van der Waals surface area contributed by atoms with E-state index in [4.69, 9.17) is 23.1 Å². The van der Waals surface area contributed by atoms with Crippen molar-refractivity contribution in [3.63, 3.8) is 0 Å². The van der Waals surface area contributed by atoms with Gasteiger partial charge in [0.1, 0.15) is 5.82 Å². The summed E-state index contributed by atoms with van der Waals surface area (Å²) in [4.78, 5) is 12.3. The number of carbonyl (C=O) groups excluding carboxylic acids is 1. The summed E-state index contributed by atoms with van der Waals surface area (Å²) in [5, 5.41) is 0.0640. The zero-order chi connectivity index (χ0) is 14.2. The number of ketones is 1. The van der Waals surface area contributed by atoms with E-state index in [2.05, 4.69) is 0 Å². The molecule has 0 aromatic heterocycles. The fraction of sp³-hybridized carbons (Fsp3) is 0.0714. The van der Waals surface area contributed by atoms with Crippen molar-refractivity contribution in [1.82, 2.24) is 0 Å². The van der Waals surface area contributed by atoms with Gasteiger partial charge in [0.25, 0.3) is 0 Å². The molecule has 2 aromatic carbocycles.